The van der Waals surface area contributed by atoms with E-state index in [1.165, 1.54) is 30.7 Å². The van der Waals surface area contributed by atoms with Crippen LogP contribution >= 0.6 is 15.9 Å². The first-order chi connectivity index (χ1) is 17.0. The van der Waals surface area contributed by atoms with Crippen LogP contribution in [0, 0.1) is 0 Å². The second-order valence-corrected chi connectivity index (χ2v) is 7.91. The maximum absolute atomic E-state index is 12.3. The molecule has 0 spiro atoms. The molecule has 0 radical (unpaired) electrons. The Hall–Kier alpha value is -4.38. The second-order valence-electron chi connectivity index (χ2n) is 7.00. The largest absolute Gasteiger partial charge is 0.465 e. The van der Waals surface area contributed by atoms with E-state index in [-0.39, 0.29) is 19.1 Å². The van der Waals surface area contributed by atoms with E-state index < -0.39 is 17.8 Å². The molecule has 0 aliphatic carbocycles. The molecule has 1 aliphatic rings. The van der Waals surface area contributed by atoms with Crippen molar-refractivity contribution in [3.8, 4) is 17.2 Å². The van der Waals surface area contributed by atoms with E-state index >= 15 is 0 Å². The third-order valence-corrected chi connectivity index (χ3v) is 5.04. The Labute approximate surface area is 207 Å². The summed E-state index contributed by atoms with van der Waals surface area (Å²) < 4.78 is 21.6. The van der Waals surface area contributed by atoms with Crippen LogP contribution in [0.5, 0.6) is 17.2 Å². The van der Waals surface area contributed by atoms with Gasteiger partial charge in [0.2, 0.25) is 6.79 Å². The lowest BCUT2D eigenvalue weighted by atomic mass is 10.2. The molecule has 0 saturated heterocycles. The fourth-order valence-electron chi connectivity index (χ4n) is 2.91. The number of furan rings is 1. The van der Waals surface area contributed by atoms with Crippen molar-refractivity contribution in [3.63, 3.8) is 0 Å². The Bertz CT molecular complexity index is 1300. The molecule has 0 saturated carbocycles. The highest BCUT2D eigenvalue weighted by Gasteiger charge is 2.16. The number of halogens is 1. The molecule has 11 heteroatoms. The number of rotatable bonds is 8. The number of hydrogen-bond donors (Lipinski definition) is 2. The molecular formula is C24H18BrN3O7. The fraction of sp³-hybridized carbons (Fsp3) is 0.0833. The standard InChI is InChI=1S/C24H18BrN3O7/c25-17-4-7-19(35-23(30)8-5-18-2-1-9-32-18)16(10-17)12-27-28-22(29)13-26-24(31)15-3-6-20-21(11-15)34-14-33-20/h1-12H,13-14H2,(H,26,31)(H,28,29)/b8-5-,27-12+. The predicted molar refractivity (Wildman–Crippen MR) is 128 cm³/mol. The number of benzene rings is 2. The molecule has 2 aromatic carbocycles. The topological polar surface area (TPSA) is 128 Å². The van der Waals surface area contributed by atoms with Gasteiger partial charge < -0.3 is 23.9 Å². The third-order valence-electron chi connectivity index (χ3n) is 4.55. The van der Waals surface area contributed by atoms with Crippen molar-refractivity contribution in [2.24, 2.45) is 5.10 Å². The smallest absolute Gasteiger partial charge is 0.336 e. The molecule has 1 aromatic heterocycles. The number of fused-ring (bicyclic) bond motifs is 1. The first-order valence-corrected chi connectivity index (χ1v) is 11.0. The van der Waals surface area contributed by atoms with Crippen LogP contribution in [0.1, 0.15) is 21.7 Å². The molecule has 1 aliphatic heterocycles. The summed E-state index contributed by atoms with van der Waals surface area (Å²) in [6, 6.07) is 13.1. The molecule has 0 atom stereocenters. The van der Waals surface area contributed by atoms with E-state index in [9.17, 15) is 14.4 Å². The zero-order valence-electron chi connectivity index (χ0n) is 18.0. The Morgan fingerprint density at radius 2 is 1.94 bits per heavy atom. The van der Waals surface area contributed by atoms with E-state index in [2.05, 4.69) is 31.8 Å². The lowest BCUT2D eigenvalue weighted by Gasteiger charge is -2.07. The zero-order chi connectivity index (χ0) is 24.6. The maximum Gasteiger partial charge on any atom is 0.336 e. The van der Waals surface area contributed by atoms with Crippen LogP contribution in [-0.4, -0.2) is 37.3 Å². The lowest BCUT2D eigenvalue weighted by Crippen LogP contribution is -2.34. The summed E-state index contributed by atoms with van der Waals surface area (Å²) in [7, 11) is 0. The van der Waals surface area contributed by atoms with Crippen molar-refractivity contribution >= 4 is 46.0 Å². The Balaban J connectivity index is 1.30. The monoisotopic (exact) mass is 539 g/mol. The van der Waals surface area contributed by atoms with E-state index in [0.717, 1.165) is 0 Å². The van der Waals surface area contributed by atoms with Crippen molar-refractivity contribution in [3.05, 3.63) is 82.2 Å². The van der Waals surface area contributed by atoms with Gasteiger partial charge in [0, 0.05) is 21.7 Å². The molecule has 178 valence electrons. The molecular weight excluding hydrogens is 522 g/mol. The summed E-state index contributed by atoms with van der Waals surface area (Å²) in [4.78, 5) is 36.5. The second kappa shape index (κ2) is 11.2. The maximum atomic E-state index is 12.3. The average molecular weight is 540 g/mol. The number of carbonyl (C=O) groups is 3. The van der Waals surface area contributed by atoms with Crippen LogP contribution in [0.3, 0.4) is 0 Å². The van der Waals surface area contributed by atoms with Crippen LogP contribution < -0.4 is 25.0 Å². The van der Waals surface area contributed by atoms with E-state index in [1.807, 2.05) is 0 Å². The summed E-state index contributed by atoms with van der Waals surface area (Å²) in [5.74, 6) is 0.142. The molecule has 2 N–H and O–H groups in total. The van der Waals surface area contributed by atoms with E-state index in [4.69, 9.17) is 18.6 Å². The van der Waals surface area contributed by atoms with Gasteiger partial charge in [-0.3, -0.25) is 9.59 Å². The molecule has 0 unspecified atom stereocenters. The molecule has 3 aromatic rings. The van der Waals surface area contributed by atoms with Crippen molar-refractivity contribution in [2.75, 3.05) is 13.3 Å². The van der Waals surface area contributed by atoms with Crippen LogP contribution in [0.25, 0.3) is 6.08 Å². The first kappa shape index (κ1) is 23.8. The van der Waals surface area contributed by atoms with Gasteiger partial charge in [0.15, 0.2) is 11.5 Å². The Morgan fingerprint density at radius 1 is 1.09 bits per heavy atom. The summed E-state index contributed by atoms with van der Waals surface area (Å²) in [5.41, 5.74) is 3.07. The molecule has 0 fully saturated rings. The lowest BCUT2D eigenvalue weighted by molar-refractivity contribution is -0.129. The van der Waals surface area contributed by atoms with Gasteiger partial charge >= 0.3 is 5.97 Å². The molecule has 0 bridgehead atoms. The highest BCUT2D eigenvalue weighted by Crippen LogP contribution is 2.32. The summed E-state index contributed by atoms with van der Waals surface area (Å²) in [5, 5.41) is 6.38. The first-order valence-electron chi connectivity index (χ1n) is 10.2. The van der Waals surface area contributed by atoms with Crippen molar-refractivity contribution in [1.82, 2.24) is 10.7 Å². The van der Waals surface area contributed by atoms with Crippen LogP contribution in [0.2, 0.25) is 0 Å². The predicted octanol–water partition coefficient (Wildman–Crippen LogP) is 3.27. The molecule has 4 rings (SSSR count). The Kier molecular flexibility index (Phi) is 7.58. The number of hydrazone groups is 1. The molecule has 2 amide bonds. The van der Waals surface area contributed by atoms with Crippen molar-refractivity contribution < 1.29 is 33.0 Å². The summed E-state index contributed by atoms with van der Waals surface area (Å²) >= 11 is 3.34. The number of ether oxygens (including phenoxy) is 3. The minimum absolute atomic E-state index is 0.0986. The van der Waals surface area contributed by atoms with Crippen molar-refractivity contribution in [2.45, 2.75) is 0 Å². The number of amides is 2. The van der Waals surface area contributed by atoms with Gasteiger partial charge in [-0.2, -0.15) is 5.10 Å². The number of hydrogen-bond acceptors (Lipinski definition) is 8. The quantitative estimate of drug-likeness (QED) is 0.148. The van der Waals surface area contributed by atoms with Crippen molar-refractivity contribution in [1.29, 1.82) is 0 Å². The molecule has 10 nitrogen and oxygen atoms in total. The SMILES string of the molecule is O=C(CNC(=O)c1ccc2c(c1)OCO2)N/N=C/c1cc(Br)ccc1OC(=O)/C=C\c1ccco1. The number of carbonyl (C=O) groups excluding carboxylic acids is 3. The minimum Gasteiger partial charge on any atom is -0.465 e. The van der Waals surface area contributed by atoms with Gasteiger partial charge in [0.05, 0.1) is 19.0 Å². The van der Waals surface area contributed by atoms with Gasteiger partial charge in [-0.25, -0.2) is 10.2 Å². The van der Waals surface area contributed by atoms with Crippen LogP contribution in [-0.2, 0) is 9.59 Å². The fourth-order valence-corrected chi connectivity index (χ4v) is 3.28. The number of nitrogens with zero attached hydrogens (tertiary/aromatic N) is 1. The van der Waals surface area contributed by atoms with Gasteiger partial charge in [-0.05, 0) is 54.6 Å². The summed E-state index contributed by atoms with van der Waals surface area (Å²) in [6.07, 6.45) is 5.52. The summed E-state index contributed by atoms with van der Waals surface area (Å²) in [6.45, 7) is -0.204. The van der Waals surface area contributed by atoms with Crippen LogP contribution in [0.4, 0.5) is 0 Å². The molecule has 2 heterocycles. The van der Waals surface area contributed by atoms with E-state index in [1.54, 1.807) is 42.5 Å². The highest BCUT2D eigenvalue weighted by molar-refractivity contribution is 9.10. The van der Waals surface area contributed by atoms with Gasteiger partial charge in [0.1, 0.15) is 11.5 Å². The average Bonchev–Trinajstić information content (AvgIpc) is 3.54. The van der Waals surface area contributed by atoms with Crippen LogP contribution in [0.15, 0.2) is 74.9 Å². The normalized spacial score (nSPS) is 12.1. The third kappa shape index (κ3) is 6.58. The number of esters is 1. The van der Waals surface area contributed by atoms with Gasteiger partial charge in [-0.1, -0.05) is 15.9 Å². The Morgan fingerprint density at radius 3 is 2.77 bits per heavy atom. The zero-order valence-corrected chi connectivity index (χ0v) is 19.6. The van der Waals surface area contributed by atoms with Gasteiger partial charge in [0.25, 0.3) is 11.8 Å². The van der Waals surface area contributed by atoms with Gasteiger partial charge in [-0.15, -0.1) is 0 Å². The minimum atomic E-state index is -0.617. The number of nitrogens with one attached hydrogen (secondary N) is 2. The molecule has 35 heavy (non-hydrogen) atoms. The highest BCUT2D eigenvalue weighted by atomic mass is 79.9. The van der Waals surface area contributed by atoms with E-state index in [0.29, 0.717) is 32.9 Å².